The van der Waals surface area contributed by atoms with E-state index < -0.39 is 0 Å². The summed E-state index contributed by atoms with van der Waals surface area (Å²) in [6.45, 7) is 8.67. The van der Waals surface area contributed by atoms with Crippen LogP contribution >= 0.6 is 0 Å². The van der Waals surface area contributed by atoms with Crippen molar-refractivity contribution in [1.82, 2.24) is 0 Å². The van der Waals surface area contributed by atoms with Gasteiger partial charge < -0.3 is 5.32 Å². The van der Waals surface area contributed by atoms with Crippen molar-refractivity contribution < 1.29 is 4.79 Å². The molecule has 0 fully saturated rings. The maximum Gasteiger partial charge on any atom is 0.139 e. The molecule has 21 heavy (non-hydrogen) atoms. The zero-order valence-electron chi connectivity index (χ0n) is 13.6. The summed E-state index contributed by atoms with van der Waals surface area (Å²) in [5.41, 5.74) is 1.14. The summed E-state index contributed by atoms with van der Waals surface area (Å²) in [6.07, 6.45) is 6.00. The molecule has 0 amide bonds. The van der Waals surface area contributed by atoms with Crippen molar-refractivity contribution in [2.45, 2.75) is 46.6 Å². The molecule has 1 N–H and O–H groups in total. The number of Topliss-reactive ketones (excluding diaryl/α,β-unsaturated/α-hetero) is 1. The summed E-state index contributed by atoms with van der Waals surface area (Å²) in [4.78, 5) is 12.8. The molecule has 0 unspecified atom stereocenters. The van der Waals surface area contributed by atoms with Crippen LogP contribution in [0.25, 0.3) is 0 Å². The molecule has 0 bridgehead atoms. The quantitative estimate of drug-likeness (QED) is 0.796. The Morgan fingerprint density at radius 2 is 2.00 bits per heavy atom. The molecule has 0 saturated heterocycles. The van der Waals surface area contributed by atoms with Gasteiger partial charge in [0.25, 0.3) is 0 Å². The standard InChI is InChI=1S/C19H27NO/c1-14-9-8-12-19(3,4)18(14)17(21)13-15(2)20-16-10-6-5-7-11-16/h5-11,14-15,18,20H,12-13H2,1-4H3/t14-,15+,18-/m0/s1. The predicted molar refractivity (Wildman–Crippen MR) is 89.3 cm³/mol. The van der Waals surface area contributed by atoms with Crippen molar-refractivity contribution in [3.8, 4) is 0 Å². The number of rotatable bonds is 5. The normalized spacial score (nSPS) is 25.3. The smallest absolute Gasteiger partial charge is 0.139 e. The van der Waals surface area contributed by atoms with Gasteiger partial charge in [0, 0.05) is 24.1 Å². The van der Waals surface area contributed by atoms with E-state index >= 15 is 0 Å². The molecule has 1 aliphatic rings. The fraction of sp³-hybridized carbons (Fsp3) is 0.526. The van der Waals surface area contributed by atoms with Crippen molar-refractivity contribution in [2.75, 3.05) is 5.32 Å². The van der Waals surface area contributed by atoms with Crippen LogP contribution in [0.4, 0.5) is 5.69 Å². The Balaban J connectivity index is 1.99. The number of carbonyl (C=O) groups is 1. The van der Waals surface area contributed by atoms with Crippen LogP contribution in [0.2, 0.25) is 0 Å². The van der Waals surface area contributed by atoms with E-state index in [-0.39, 0.29) is 17.4 Å². The van der Waals surface area contributed by atoms with E-state index in [9.17, 15) is 4.79 Å². The van der Waals surface area contributed by atoms with E-state index in [4.69, 9.17) is 0 Å². The molecule has 0 aromatic heterocycles. The lowest BCUT2D eigenvalue weighted by Gasteiger charge is -2.39. The van der Waals surface area contributed by atoms with Gasteiger partial charge >= 0.3 is 0 Å². The number of para-hydroxylation sites is 1. The van der Waals surface area contributed by atoms with E-state index in [2.05, 4.69) is 45.2 Å². The second-order valence-corrected chi connectivity index (χ2v) is 7.04. The first-order chi connectivity index (χ1) is 9.90. The Bertz CT molecular complexity index is 504. The van der Waals surface area contributed by atoms with Gasteiger partial charge in [0.1, 0.15) is 5.78 Å². The molecular formula is C19H27NO. The summed E-state index contributed by atoms with van der Waals surface area (Å²) in [7, 11) is 0. The van der Waals surface area contributed by atoms with Crippen LogP contribution in [-0.2, 0) is 4.79 Å². The Hall–Kier alpha value is -1.57. The highest BCUT2D eigenvalue weighted by molar-refractivity contribution is 5.83. The molecule has 0 radical (unpaired) electrons. The summed E-state index contributed by atoms with van der Waals surface area (Å²) in [6, 6.07) is 10.3. The van der Waals surface area contributed by atoms with E-state index in [1.54, 1.807) is 0 Å². The topological polar surface area (TPSA) is 29.1 Å². The second kappa shape index (κ2) is 6.46. The molecule has 114 valence electrons. The molecule has 2 heteroatoms. The molecule has 0 saturated carbocycles. The molecule has 1 aromatic carbocycles. The summed E-state index contributed by atoms with van der Waals surface area (Å²) in [5, 5.41) is 3.42. The SMILES string of the molecule is C[C@H](CC(=O)[C@@H]1[C@@H](C)C=CCC1(C)C)Nc1ccccc1. The zero-order chi connectivity index (χ0) is 15.5. The molecule has 3 atom stereocenters. The molecule has 1 aromatic rings. The van der Waals surface area contributed by atoms with E-state index in [0.29, 0.717) is 18.1 Å². The minimum absolute atomic E-state index is 0.0672. The average molecular weight is 285 g/mol. The number of hydrogen-bond acceptors (Lipinski definition) is 2. The third-order valence-electron chi connectivity index (χ3n) is 4.49. The van der Waals surface area contributed by atoms with Gasteiger partial charge in [-0.25, -0.2) is 0 Å². The van der Waals surface area contributed by atoms with Gasteiger partial charge in [0.2, 0.25) is 0 Å². The number of nitrogens with one attached hydrogen (secondary N) is 1. The third-order valence-corrected chi connectivity index (χ3v) is 4.49. The summed E-state index contributed by atoms with van der Waals surface area (Å²) < 4.78 is 0. The Morgan fingerprint density at radius 1 is 1.33 bits per heavy atom. The van der Waals surface area contributed by atoms with Crippen molar-refractivity contribution in [3.05, 3.63) is 42.5 Å². The van der Waals surface area contributed by atoms with Crippen molar-refractivity contribution >= 4 is 11.5 Å². The highest BCUT2D eigenvalue weighted by Gasteiger charge is 2.39. The lowest BCUT2D eigenvalue weighted by molar-refractivity contribution is -0.128. The second-order valence-electron chi connectivity index (χ2n) is 7.04. The number of carbonyl (C=O) groups excluding carboxylic acids is 1. The van der Waals surface area contributed by atoms with Gasteiger partial charge in [0.15, 0.2) is 0 Å². The maximum absolute atomic E-state index is 12.8. The summed E-state index contributed by atoms with van der Waals surface area (Å²) in [5.74, 6) is 0.848. The third kappa shape index (κ3) is 3.96. The first kappa shape index (κ1) is 15.8. The number of ketones is 1. The monoisotopic (exact) mass is 285 g/mol. The van der Waals surface area contributed by atoms with E-state index in [1.807, 2.05) is 30.3 Å². The number of allylic oxidation sites excluding steroid dienone is 2. The largest absolute Gasteiger partial charge is 0.382 e. The van der Waals surface area contributed by atoms with E-state index in [0.717, 1.165) is 12.1 Å². The minimum atomic E-state index is 0.0672. The van der Waals surface area contributed by atoms with Gasteiger partial charge in [-0.05, 0) is 36.8 Å². The molecule has 0 heterocycles. The van der Waals surface area contributed by atoms with Gasteiger partial charge in [-0.1, -0.05) is 51.1 Å². The van der Waals surface area contributed by atoms with Crippen LogP contribution in [0.5, 0.6) is 0 Å². The molecule has 0 aliphatic heterocycles. The fourth-order valence-electron chi connectivity index (χ4n) is 3.56. The molecule has 0 spiro atoms. The Morgan fingerprint density at radius 3 is 2.62 bits per heavy atom. The fourth-order valence-corrected chi connectivity index (χ4v) is 3.56. The maximum atomic E-state index is 12.8. The molecule has 1 aliphatic carbocycles. The molecule has 2 rings (SSSR count). The van der Waals surface area contributed by atoms with Crippen LogP contribution in [0, 0.1) is 17.3 Å². The lowest BCUT2D eigenvalue weighted by Crippen LogP contribution is -2.39. The van der Waals surface area contributed by atoms with Gasteiger partial charge in [0.05, 0.1) is 0 Å². The van der Waals surface area contributed by atoms with Gasteiger partial charge in [-0.3, -0.25) is 4.79 Å². The van der Waals surface area contributed by atoms with Gasteiger partial charge in [-0.15, -0.1) is 0 Å². The predicted octanol–water partition coefficient (Wildman–Crippen LogP) is 4.68. The average Bonchev–Trinajstić information content (AvgIpc) is 2.38. The van der Waals surface area contributed by atoms with Crippen LogP contribution in [0.15, 0.2) is 42.5 Å². The van der Waals surface area contributed by atoms with Crippen LogP contribution in [0.3, 0.4) is 0 Å². The number of anilines is 1. The Kier molecular flexibility index (Phi) is 4.87. The van der Waals surface area contributed by atoms with Crippen molar-refractivity contribution in [2.24, 2.45) is 17.3 Å². The zero-order valence-corrected chi connectivity index (χ0v) is 13.6. The van der Waals surface area contributed by atoms with Crippen LogP contribution in [-0.4, -0.2) is 11.8 Å². The van der Waals surface area contributed by atoms with Gasteiger partial charge in [-0.2, -0.15) is 0 Å². The molecular weight excluding hydrogens is 258 g/mol. The van der Waals surface area contributed by atoms with Crippen LogP contribution < -0.4 is 5.32 Å². The Labute approximate surface area is 128 Å². The van der Waals surface area contributed by atoms with Crippen molar-refractivity contribution in [1.29, 1.82) is 0 Å². The number of benzene rings is 1. The highest BCUT2D eigenvalue weighted by atomic mass is 16.1. The molecule has 2 nitrogen and oxygen atoms in total. The number of hydrogen-bond donors (Lipinski definition) is 1. The van der Waals surface area contributed by atoms with Crippen molar-refractivity contribution in [3.63, 3.8) is 0 Å². The van der Waals surface area contributed by atoms with E-state index in [1.165, 1.54) is 0 Å². The summed E-state index contributed by atoms with van der Waals surface area (Å²) >= 11 is 0. The highest BCUT2D eigenvalue weighted by Crippen LogP contribution is 2.41. The first-order valence-corrected chi connectivity index (χ1v) is 7.91. The first-order valence-electron chi connectivity index (χ1n) is 7.91. The lowest BCUT2D eigenvalue weighted by atomic mass is 9.65. The minimum Gasteiger partial charge on any atom is -0.382 e. The van der Waals surface area contributed by atoms with Crippen LogP contribution in [0.1, 0.15) is 40.5 Å².